The molecule has 3 N–H and O–H groups in total. The van der Waals surface area contributed by atoms with Crippen molar-refractivity contribution in [2.75, 3.05) is 4.90 Å². The standard InChI is InChI=1S/C35H37F2N3O3/c1-35(2,3)27-14-11-24(12-15-27)23-40(31-9-4-5-10-32(31)43-28-8-6-7-25(19-28)21-38)34(42)18-17-33(41)39-22-26-13-16-29(36)30(37)20-26/h4-16,19-20H,17-18,21-23,38H2,1-3H3,(H,39,41). The zero-order valence-corrected chi connectivity index (χ0v) is 24.7. The highest BCUT2D eigenvalue weighted by Crippen LogP contribution is 2.34. The lowest BCUT2D eigenvalue weighted by Crippen LogP contribution is -2.32. The van der Waals surface area contributed by atoms with Crippen LogP contribution in [0.1, 0.15) is 55.9 Å². The molecule has 0 unspecified atom stereocenters. The Morgan fingerprint density at radius 2 is 1.53 bits per heavy atom. The number of carbonyl (C=O) groups is 2. The molecular formula is C35H37F2N3O3. The second-order valence-electron chi connectivity index (χ2n) is 11.4. The molecule has 0 aliphatic heterocycles. The van der Waals surface area contributed by atoms with Crippen molar-refractivity contribution >= 4 is 17.5 Å². The average Bonchev–Trinajstić information content (AvgIpc) is 2.99. The van der Waals surface area contributed by atoms with Gasteiger partial charge in [0.15, 0.2) is 17.4 Å². The summed E-state index contributed by atoms with van der Waals surface area (Å²) in [4.78, 5) is 28.0. The molecule has 4 rings (SSSR count). The number of para-hydroxylation sites is 2. The molecule has 4 aromatic rings. The zero-order chi connectivity index (χ0) is 31.0. The third-order valence-electron chi connectivity index (χ3n) is 7.02. The number of nitrogens with one attached hydrogen (secondary N) is 1. The first kappa shape index (κ1) is 31.4. The van der Waals surface area contributed by atoms with Crippen LogP contribution in [0.4, 0.5) is 14.5 Å². The number of carbonyl (C=O) groups excluding carboxylic acids is 2. The van der Waals surface area contributed by atoms with Crippen LogP contribution in [-0.4, -0.2) is 11.8 Å². The number of nitrogens with two attached hydrogens (primary N) is 1. The van der Waals surface area contributed by atoms with Gasteiger partial charge in [0, 0.05) is 25.9 Å². The second kappa shape index (κ2) is 14.1. The van der Waals surface area contributed by atoms with Crippen LogP contribution in [0, 0.1) is 11.6 Å². The lowest BCUT2D eigenvalue weighted by Gasteiger charge is -2.26. The number of amides is 2. The molecular weight excluding hydrogens is 548 g/mol. The number of rotatable bonds is 11. The van der Waals surface area contributed by atoms with E-state index in [-0.39, 0.29) is 43.2 Å². The van der Waals surface area contributed by atoms with Gasteiger partial charge in [-0.2, -0.15) is 0 Å². The molecule has 224 valence electrons. The van der Waals surface area contributed by atoms with E-state index in [1.807, 2.05) is 54.6 Å². The molecule has 0 saturated carbocycles. The predicted octanol–water partition coefficient (Wildman–Crippen LogP) is 7.14. The maximum absolute atomic E-state index is 13.7. The van der Waals surface area contributed by atoms with E-state index in [1.165, 1.54) is 11.6 Å². The molecule has 0 bridgehead atoms. The molecule has 6 nitrogen and oxygen atoms in total. The van der Waals surface area contributed by atoms with Crippen LogP contribution >= 0.6 is 0 Å². The van der Waals surface area contributed by atoms with Gasteiger partial charge in [0.05, 0.1) is 12.2 Å². The SMILES string of the molecule is CC(C)(C)c1ccc(CN(C(=O)CCC(=O)NCc2ccc(F)c(F)c2)c2ccccc2Oc2cccc(CN)c2)cc1. The minimum absolute atomic E-state index is 0.0143. The van der Waals surface area contributed by atoms with Gasteiger partial charge < -0.3 is 20.7 Å². The third kappa shape index (κ3) is 8.72. The Hall–Kier alpha value is -4.56. The molecule has 0 atom stereocenters. The van der Waals surface area contributed by atoms with Crippen molar-refractivity contribution in [2.45, 2.75) is 58.7 Å². The summed E-state index contributed by atoms with van der Waals surface area (Å²) in [7, 11) is 0. The summed E-state index contributed by atoms with van der Waals surface area (Å²) in [5, 5.41) is 2.67. The fourth-order valence-corrected chi connectivity index (χ4v) is 4.52. The number of benzene rings is 4. The van der Waals surface area contributed by atoms with Crippen LogP contribution in [0.25, 0.3) is 0 Å². The number of nitrogens with zero attached hydrogens (tertiary/aromatic N) is 1. The number of hydrogen-bond acceptors (Lipinski definition) is 4. The van der Waals surface area contributed by atoms with E-state index in [4.69, 9.17) is 10.5 Å². The van der Waals surface area contributed by atoms with Crippen molar-refractivity contribution in [1.82, 2.24) is 5.32 Å². The summed E-state index contributed by atoms with van der Waals surface area (Å²) in [5.74, 6) is -1.51. The Labute approximate surface area is 251 Å². The van der Waals surface area contributed by atoms with Gasteiger partial charge in [-0.3, -0.25) is 9.59 Å². The first-order valence-corrected chi connectivity index (χ1v) is 14.2. The highest BCUT2D eigenvalue weighted by molar-refractivity contribution is 5.96. The molecule has 43 heavy (non-hydrogen) atoms. The van der Waals surface area contributed by atoms with Crippen molar-refractivity contribution in [3.05, 3.63) is 125 Å². The van der Waals surface area contributed by atoms with E-state index in [0.717, 1.165) is 23.3 Å². The van der Waals surface area contributed by atoms with Crippen molar-refractivity contribution in [3.63, 3.8) is 0 Å². The topological polar surface area (TPSA) is 84.7 Å². The molecule has 8 heteroatoms. The number of halogens is 2. The maximum Gasteiger partial charge on any atom is 0.227 e. The van der Waals surface area contributed by atoms with Gasteiger partial charge in [-0.25, -0.2) is 8.78 Å². The molecule has 0 heterocycles. The van der Waals surface area contributed by atoms with Crippen LogP contribution in [0.2, 0.25) is 0 Å². The van der Waals surface area contributed by atoms with Gasteiger partial charge in [0.2, 0.25) is 11.8 Å². The Balaban J connectivity index is 1.54. The number of hydrogen-bond donors (Lipinski definition) is 2. The average molecular weight is 586 g/mol. The van der Waals surface area contributed by atoms with Gasteiger partial charge in [-0.1, -0.05) is 75.4 Å². The first-order chi connectivity index (χ1) is 20.5. The summed E-state index contributed by atoms with van der Waals surface area (Å²) < 4.78 is 33.0. The van der Waals surface area contributed by atoms with Crippen LogP contribution in [0.15, 0.2) is 91.0 Å². The monoisotopic (exact) mass is 585 g/mol. The Morgan fingerprint density at radius 3 is 2.23 bits per heavy atom. The predicted molar refractivity (Wildman–Crippen MR) is 165 cm³/mol. The fourth-order valence-electron chi connectivity index (χ4n) is 4.52. The summed E-state index contributed by atoms with van der Waals surface area (Å²) in [6.07, 6.45) is -0.149. The van der Waals surface area contributed by atoms with Crippen LogP contribution in [-0.2, 0) is 34.6 Å². The lowest BCUT2D eigenvalue weighted by molar-refractivity contribution is -0.125. The zero-order valence-electron chi connectivity index (χ0n) is 24.7. The molecule has 0 spiro atoms. The number of ether oxygens (including phenoxy) is 1. The van der Waals surface area contributed by atoms with Crippen LogP contribution < -0.4 is 20.7 Å². The van der Waals surface area contributed by atoms with E-state index >= 15 is 0 Å². The molecule has 0 aliphatic carbocycles. The molecule has 4 aromatic carbocycles. The van der Waals surface area contributed by atoms with Gasteiger partial charge in [0.25, 0.3) is 0 Å². The van der Waals surface area contributed by atoms with E-state index in [2.05, 4.69) is 38.2 Å². The van der Waals surface area contributed by atoms with E-state index < -0.39 is 11.6 Å². The van der Waals surface area contributed by atoms with Gasteiger partial charge >= 0.3 is 0 Å². The van der Waals surface area contributed by atoms with Crippen molar-refractivity contribution in [1.29, 1.82) is 0 Å². The van der Waals surface area contributed by atoms with Crippen LogP contribution in [0.5, 0.6) is 11.5 Å². The molecule has 0 aromatic heterocycles. The van der Waals surface area contributed by atoms with E-state index in [1.54, 1.807) is 11.0 Å². The molecule has 2 amide bonds. The van der Waals surface area contributed by atoms with Crippen LogP contribution in [0.3, 0.4) is 0 Å². The summed E-state index contributed by atoms with van der Waals surface area (Å²) in [6.45, 7) is 7.08. The smallest absolute Gasteiger partial charge is 0.227 e. The third-order valence-corrected chi connectivity index (χ3v) is 7.02. The molecule has 0 saturated heterocycles. The molecule has 0 aliphatic rings. The summed E-state index contributed by atoms with van der Waals surface area (Å²) in [5.41, 5.74) is 9.78. The Bertz CT molecular complexity index is 1570. The normalized spacial score (nSPS) is 11.2. The number of anilines is 1. The largest absolute Gasteiger partial charge is 0.455 e. The Kier molecular flexibility index (Phi) is 10.3. The van der Waals surface area contributed by atoms with Crippen molar-refractivity contribution in [3.8, 4) is 11.5 Å². The highest BCUT2D eigenvalue weighted by Gasteiger charge is 2.22. The fraction of sp³-hybridized carbons (Fsp3) is 0.257. The van der Waals surface area contributed by atoms with E-state index in [9.17, 15) is 18.4 Å². The summed E-state index contributed by atoms with van der Waals surface area (Å²) in [6, 6.07) is 26.3. The summed E-state index contributed by atoms with van der Waals surface area (Å²) >= 11 is 0. The van der Waals surface area contributed by atoms with Gasteiger partial charge in [0.1, 0.15) is 5.75 Å². The molecule has 0 radical (unpaired) electrons. The van der Waals surface area contributed by atoms with Gasteiger partial charge in [-0.05, 0) is 64.1 Å². The van der Waals surface area contributed by atoms with Gasteiger partial charge in [-0.15, -0.1) is 0 Å². The minimum atomic E-state index is -0.983. The highest BCUT2D eigenvalue weighted by atomic mass is 19.2. The molecule has 0 fully saturated rings. The lowest BCUT2D eigenvalue weighted by atomic mass is 9.87. The van der Waals surface area contributed by atoms with E-state index in [0.29, 0.717) is 29.3 Å². The first-order valence-electron chi connectivity index (χ1n) is 14.2. The van der Waals surface area contributed by atoms with Crippen molar-refractivity contribution < 1.29 is 23.1 Å². The second-order valence-corrected chi connectivity index (χ2v) is 11.4. The minimum Gasteiger partial charge on any atom is -0.455 e. The Morgan fingerprint density at radius 1 is 0.814 bits per heavy atom. The maximum atomic E-state index is 13.7. The quantitative estimate of drug-likeness (QED) is 0.196. The van der Waals surface area contributed by atoms with Crippen molar-refractivity contribution in [2.24, 2.45) is 5.73 Å².